The zero-order valence-electron chi connectivity index (χ0n) is 16.2. The fraction of sp³-hybridized carbons (Fsp3) is 0.316. The lowest BCUT2D eigenvalue weighted by atomic mass is 10.1. The lowest BCUT2D eigenvalue weighted by Crippen LogP contribution is -2.49. The minimum absolute atomic E-state index is 0.000804. The number of fused-ring (bicyclic) bond motifs is 1. The van der Waals surface area contributed by atoms with Gasteiger partial charge in [-0.05, 0) is 43.9 Å². The van der Waals surface area contributed by atoms with Gasteiger partial charge in [-0.15, -0.1) is 11.3 Å². The van der Waals surface area contributed by atoms with Gasteiger partial charge >= 0.3 is 0 Å². The highest BCUT2D eigenvalue weighted by Gasteiger charge is 2.43. The van der Waals surface area contributed by atoms with Crippen molar-refractivity contribution in [2.75, 3.05) is 6.26 Å². The lowest BCUT2D eigenvalue weighted by Gasteiger charge is -2.25. The number of benzene rings is 1. The second kappa shape index (κ2) is 7.69. The highest BCUT2D eigenvalue weighted by atomic mass is 32.2. The molecular formula is C19H21N3O5S2. The lowest BCUT2D eigenvalue weighted by molar-refractivity contribution is -0.131. The molecule has 29 heavy (non-hydrogen) atoms. The van der Waals surface area contributed by atoms with Crippen LogP contribution in [-0.4, -0.2) is 40.1 Å². The van der Waals surface area contributed by atoms with Crippen LogP contribution in [0.15, 0.2) is 41.5 Å². The summed E-state index contributed by atoms with van der Waals surface area (Å²) in [6, 6.07) is 7.20. The van der Waals surface area contributed by atoms with E-state index in [-0.39, 0.29) is 18.5 Å². The van der Waals surface area contributed by atoms with E-state index in [4.69, 9.17) is 5.21 Å². The Morgan fingerprint density at radius 3 is 2.66 bits per heavy atom. The van der Waals surface area contributed by atoms with Gasteiger partial charge in [-0.1, -0.05) is 6.07 Å². The number of carbonyl (C=O) groups excluding carboxylic acids is 1. The molecule has 1 atom stereocenters. The summed E-state index contributed by atoms with van der Waals surface area (Å²) in [7, 11) is -3.83. The van der Waals surface area contributed by atoms with Crippen molar-refractivity contribution in [3.05, 3.63) is 51.9 Å². The number of hydrogen-bond acceptors (Lipinski definition) is 7. The molecule has 0 aliphatic carbocycles. The number of aromatic nitrogens is 2. The Morgan fingerprint density at radius 1 is 1.34 bits per heavy atom. The maximum atomic E-state index is 12.8. The Morgan fingerprint density at radius 2 is 2.07 bits per heavy atom. The molecular weight excluding hydrogens is 414 g/mol. The topological polar surface area (TPSA) is 118 Å². The molecule has 154 valence electrons. The van der Waals surface area contributed by atoms with Crippen LogP contribution in [0.2, 0.25) is 0 Å². The van der Waals surface area contributed by atoms with Crippen LogP contribution in [0.1, 0.15) is 18.2 Å². The fourth-order valence-corrected chi connectivity index (χ4v) is 4.61. The first kappa shape index (κ1) is 21.2. The quantitative estimate of drug-likeness (QED) is 0.452. The minimum atomic E-state index is -3.83. The molecule has 0 aliphatic rings. The number of nitrogens with zero attached hydrogens (tertiary/aromatic N) is 2. The molecule has 0 radical (unpaired) electrons. The molecule has 1 aromatic carbocycles. The zero-order valence-corrected chi connectivity index (χ0v) is 17.8. The molecule has 0 saturated carbocycles. The maximum absolute atomic E-state index is 12.8. The number of thiazole rings is 1. The molecule has 0 fully saturated rings. The van der Waals surface area contributed by atoms with Gasteiger partial charge in [-0.25, -0.2) is 18.9 Å². The van der Waals surface area contributed by atoms with E-state index in [2.05, 4.69) is 4.98 Å². The first-order chi connectivity index (χ1) is 13.6. The smallest absolute Gasteiger partial charge is 0.264 e. The third-order valence-corrected chi connectivity index (χ3v) is 8.06. The molecule has 2 N–H and O–H groups in total. The van der Waals surface area contributed by atoms with Gasteiger partial charge in [0.1, 0.15) is 5.01 Å². The van der Waals surface area contributed by atoms with Crippen molar-refractivity contribution < 1.29 is 18.4 Å². The number of sulfone groups is 1. The number of rotatable bonds is 6. The summed E-state index contributed by atoms with van der Waals surface area (Å²) in [6.07, 6.45) is 4.12. The van der Waals surface area contributed by atoms with E-state index in [0.717, 1.165) is 27.1 Å². The van der Waals surface area contributed by atoms with Gasteiger partial charge in [0.25, 0.3) is 11.5 Å². The third-order valence-electron chi connectivity index (χ3n) is 5.08. The van der Waals surface area contributed by atoms with Crippen LogP contribution in [0.3, 0.4) is 0 Å². The summed E-state index contributed by atoms with van der Waals surface area (Å²) < 4.78 is 23.7. The molecule has 0 saturated heterocycles. The van der Waals surface area contributed by atoms with Gasteiger partial charge in [0.2, 0.25) is 0 Å². The summed E-state index contributed by atoms with van der Waals surface area (Å²) in [5.41, 5.74) is 2.03. The monoisotopic (exact) mass is 435 g/mol. The highest BCUT2D eigenvalue weighted by molar-refractivity contribution is 7.92. The van der Waals surface area contributed by atoms with Gasteiger partial charge < -0.3 is 4.57 Å². The summed E-state index contributed by atoms with van der Waals surface area (Å²) in [6.45, 7) is 3.20. The van der Waals surface area contributed by atoms with Crippen molar-refractivity contribution in [2.45, 2.75) is 31.6 Å². The van der Waals surface area contributed by atoms with Crippen molar-refractivity contribution in [1.29, 1.82) is 0 Å². The third kappa shape index (κ3) is 3.96. The SMILES string of the molecule is Cc1cnc(-c2ccc3c(=O)n(CC[C@](C)(C(=O)NO)S(C)(=O)=O)ccc3c2)s1. The molecule has 10 heteroatoms. The zero-order chi connectivity index (χ0) is 21.4. The summed E-state index contributed by atoms with van der Waals surface area (Å²) in [5, 5.41) is 11.0. The predicted molar refractivity (Wildman–Crippen MR) is 112 cm³/mol. The Labute approximate surface area is 171 Å². The number of nitrogens with one attached hydrogen (secondary N) is 1. The minimum Gasteiger partial charge on any atom is -0.315 e. The number of carbonyl (C=O) groups is 1. The molecule has 0 unspecified atom stereocenters. The Bertz CT molecular complexity index is 1250. The molecule has 2 heterocycles. The number of pyridine rings is 1. The number of amides is 1. The van der Waals surface area contributed by atoms with Gasteiger partial charge in [0.15, 0.2) is 14.6 Å². The van der Waals surface area contributed by atoms with E-state index in [1.165, 1.54) is 17.0 Å². The molecule has 8 nitrogen and oxygen atoms in total. The van der Waals surface area contributed by atoms with E-state index in [0.29, 0.717) is 5.39 Å². The molecule has 2 aromatic heterocycles. The van der Waals surface area contributed by atoms with Crippen molar-refractivity contribution >= 4 is 37.9 Å². The molecule has 3 aromatic rings. The molecule has 3 rings (SSSR count). The van der Waals surface area contributed by atoms with Gasteiger partial charge in [0.05, 0.1) is 0 Å². The summed E-state index contributed by atoms with van der Waals surface area (Å²) in [5.74, 6) is -1.03. The molecule has 0 aliphatic heterocycles. The van der Waals surface area contributed by atoms with Crippen molar-refractivity contribution in [3.8, 4) is 10.6 Å². The molecule has 0 spiro atoms. The fourth-order valence-electron chi connectivity index (χ4n) is 3.00. The van der Waals surface area contributed by atoms with E-state index in [1.807, 2.05) is 19.1 Å². The van der Waals surface area contributed by atoms with E-state index in [9.17, 15) is 18.0 Å². The predicted octanol–water partition coefficient (Wildman–Crippen LogP) is 2.13. The van der Waals surface area contributed by atoms with Gasteiger partial charge in [-0.2, -0.15) is 0 Å². The first-order valence-corrected chi connectivity index (χ1v) is 11.5. The number of aryl methyl sites for hydroxylation is 2. The Kier molecular flexibility index (Phi) is 5.61. The first-order valence-electron chi connectivity index (χ1n) is 8.77. The van der Waals surface area contributed by atoms with E-state index >= 15 is 0 Å². The largest absolute Gasteiger partial charge is 0.315 e. The second-order valence-electron chi connectivity index (χ2n) is 7.09. The average Bonchev–Trinajstić information content (AvgIpc) is 3.11. The van der Waals surface area contributed by atoms with E-state index in [1.54, 1.807) is 35.9 Å². The molecule has 0 bridgehead atoms. The Hall–Kier alpha value is -2.56. The Balaban J connectivity index is 1.94. The van der Waals surface area contributed by atoms with Crippen LogP contribution in [0.5, 0.6) is 0 Å². The van der Waals surface area contributed by atoms with Crippen molar-refractivity contribution in [1.82, 2.24) is 15.0 Å². The van der Waals surface area contributed by atoms with Crippen LogP contribution in [0, 0.1) is 6.92 Å². The number of hydrogen-bond donors (Lipinski definition) is 2. The van der Waals surface area contributed by atoms with Crippen molar-refractivity contribution in [2.24, 2.45) is 0 Å². The molecule has 1 amide bonds. The average molecular weight is 436 g/mol. The van der Waals surface area contributed by atoms with Crippen LogP contribution < -0.4 is 11.0 Å². The van der Waals surface area contributed by atoms with E-state index < -0.39 is 20.5 Å². The van der Waals surface area contributed by atoms with Gasteiger partial charge in [0, 0.05) is 41.0 Å². The van der Waals surface area contributed by atoms with Gasteiger partial charge in [-0.3, -0.25) is 14.8 Å². The normalized spacial score (nSPS) is 13.9. The van der Waals surface area contributed by atoms with Crippen LogP contribution in [0.25, 0.3) is 21.3 Å². The number of hydroxylamine groups is 1. The maximum Gasteiger partial charge on any atom is 0.264 e. The summed E-state index contributed by atoms with van der Waals surface area (Å²) >= 11 is 1.57. The van der Waals surface area contributed by atoms with Crippen LogP contribution >= 0.6 is 11.3 Å². The summed E-state index contributed by atoms with van der Waals surface area (Å²) in [4.78, 5) is 30.2. The van der Waals surface area contributed by atoms with Crippen molar-refractivity contribution in [3.63, 3.8) is 0 Å². The van der Waals surface area contributed by atoms with Crippen LogP contribution in [0.4, 0.5) is 0 Å². The highest BCUT2D eigenvalue weighted by Crippen LogP contribution is 2.27. The standard InChI is InChI=1S/C19H21N3O5S2/c1-12-11-20-16(28-12)14-4-5-15-13(10-14)6-8-22(17(15)23)9-7-19(2,18(24)21-25)29(3,26)27/h4-6,8,10-11,25H,7,9H2,1-3H3,(H,21,24)/t19-/m1/s1. The van der Waals surface area contributed by atoms with Crippen LogP contribution in [-0.2, 0) is 21.2 Å². The second-order valence-corrected chi connectivity index (χ2v) is 10.8.